The van der Waals surface area contributed by atoms with Crippen LogP contribution in [0.3, 0.4) is 0 Å². The van der Waals surface area contributed by atoms with Crippen molar-refractivity contribution in [3.63, 3.8) is 0 Å². The van der Waals surface area contributed by atoms with Crippen molar-refractivity contribution in [2.24, 2.45) is 16.2 Å². The lowest BCUT2D eigenvalue weighted by Gasteiger charge is -2.00. The van der Waals surface area contributed by atoms with Gasteiger partial charge in [0.15, 0.2) is 0 Å². The zero-order valence-corrected chi connectivity index (χ0v) is 16.2. The van der Waals surface area contributed by atoms with Crippen molar-refractivity contribution in [2.45, 2.75) is 17.2 Å². The summed E-state index contributed by atoms with van der Waals surface area (Å²) in [7, 11) is -3.73. The Labute approximate surface area is 168 Å². The van der Waals surface area contributed by atoms with Crippen LogP contribution in [0.2, 0.25) is 0 Å². The van der Waals surface area contributed by atoms with E-state index >= 15 is 0 Å². The number of nitrogens with zero attached hydrogens (tertiary/aromatic N) is 1. The summed E-state index contributed by atoms with van der Waals surface area (Å²) in [5.41, 5.74) is 4.42. The zero-order chi connectivity index (χ0) is 20.4. The predicted molar refractivity (Wildman–Crippen MR) is 109 cm³/mol. The van der Waals surface area contributed by atoms with Crippen molar-refractivity contribution in [2.75, 3.05) is 0 Å². The summed E-state index contributed by atoms with van der Waals surface area (Å²) in [5.74, 6) is 1.10. The number of nitrogens with one attached hydrogen (secondary N) is 1. The largest absolute Gasteiger partial charge is 0.455 e. The van der Waals surface area contributed by atoms with Crippen molar-refractivity contribution in [3.8, 4) is 11.3 Å². The Balaban J connectivity index is 1.35. The molecule has 0 unspecified atom stereocenters. The molecule has 4 rings (SSSR count). The van der Waals surface area contributed by atoms with E-state index < -0.39 is 10.0 Å². The van der Waals surface area contributed by atoms with Gasteiger partial charge in [0.05, 0.1) is 11.1 Å². The molecule has 0 saturated heterocycles. The number of carbonyl (C=O) groups excluding carboxylic acids is 1. The van der Waals surface area contributed by atoms with Gasteiger partial charge < -0.3 is 4.42 Å². The highest BCUT2D eigenvalue weighted by Gasteiger charge is 2.43. The number of benzene rings is 2. The quantitative estimate of drug-likeness (QED) is 0.481. The smallest absolute Gasteiger partial charge is 0.243 e. The lowest BCUT2D eigenvalue weighted by molar-refractivity contribution is -0.122. The summed E-state index contributed by atoms with van der Waals surface area (Å²) in [5, 5.41) is 9.06. The summed E-state index contributed by atoms with van der Waals surface area (Å²) >= 11 is 0. The molecule has 148 valence electrons. The first-order chi connectivity index (χ1) is 13.9. The molecule has 3 N–H and O–H groups in total. The number of nitrogens with two attached hydrogens (primary N) is 1. The van der Waals surface area contributed by atoms with Crippen molar-refractivity contribution in [1.82, 2.24) is 5.43 Å². The Morgan fingerprint density at radius 1 is 1.07 bits per heavy atom. The van der Waals surface area contributed by atoms with Crippen molar-refractivity contribution in [1.29, 1.82) is 0 Å². The van der Waals surface area contributed by atoms with Crippen LogP contribution in [0.15, 0.2) is 81.1 Å². The number of amides is 1. The van der Waals surface area contributed by atoms with Crippen molar-refractivity contribution in [3.05, 3.63) is 78.1 Å². The van der Waals surface area contributed by atoms with E-state index in [1.807, 2.05) is 30.3 Å². The van der Waals surface area contributed by atoms with Gasteiger partial charge in [-0.25, -0.2) is 19.0 Å². The standard InChI is InChI=1S/C21H19N3O4S/c22-29(26,27)17-9-6-15(7-10-17)20-11-8-16(28-20)13-23-24-21(25)19-12-18(19)14-4-2-1-3-5-14/h1-11,13,18-19H,12H2,(H,24,25)(H2,22,26,27)/b23-13-/t18-,19+/m1/s1. The number of sulfonamides is 1. The SMILES string of the molecule is NS(=O)(=O)c1ccc(-c2ccc(/C=N\NC(=O)[C@H]3C[C@@H]3c3ccccc3)o2)cc1. The second kappa shape index (κ2) is 7.65. The molecule has 1 aliphatic carbocycles. The van der Waals surface area contributed by atoms with Gasteiger partial charge in [-0.1, -0.05) is 30.3 Å². The van der Waals surface area contributed by atoms with E-state index in [9.17, 15) is 13.2 Å². The summed E-state index contributed by atoms with van der Waals surface area (Å²) in [4.78, 5) is 12.2. The third-order valence-corrected chi connectivity index (χ3v) is 5.74. The van der Waals surface area contributed by atoms with Crippen LogP contribution in [-0.4, -0.2) is 20.5 Å². The molecule has 3 aromatic rings. The van der Waals surface area contributed by atoms with Gasteiger partial charge in [-0.3, -0.25) is 4.79 Å². The van der Waals surface area contributed by atoms with Gasteiger partial charge in [0.2, 0.25) is 15.9 Å². The molecule has 2 atom stereocenters. The van der Waals surface area contributed by atoms with Crippen LogP contribution in [-0.2, 0) is 14.8 Å². The van der Waals surface area contributed by atoms with E-state index in [0.29, 0.717) is 17.1 Å². The number of hydrogen-bond donors (Lipinski definition) is 2. The maximum atomic E-state index is 12.2. The minimum Gasteiger partial charge on any atom is -0.455 e. The molecule has 7 nitrogen and oxygen atoms in total. The van der Waals surface area contributed by atoms with E-state index in [1.54, 1.807) is 24.3 Å². The fourth-order valence-electron chi connectivity index (χ4n) is 3.18. The Morgan fingerprint density at radius 2 is 1.79 bits per heavy atom. The summed E-state index contributed by atoms with van der Waals surface area (Å²) < 4.78 is 28.3. The molecule has 8 heteroatoms. The highest BCUT2D eigenvalue weighted by Crippen LogP contribution is 2.47. The van der Waals surface area contributed by atoms with Gasteiger partial charge in [-0.2, -0.15) is 5.10 Å². The number of carbonyl (C=O) groups is 1. The normalized spacial score (nSPS) is 18.7. The number of primary sulfonamides is 1. The molecule has 1 aliphatic rings. The number of hydrogen-bond acceptors (Lipinski definition) is 5. The van der Waals surface area contributed by atoms with Crippen LogP contribution >= 0.6 is 0 Å². The molecule has 1 fully saturated rings. The molecule has 0 aliphatic heterocycles. The molecular formula is C21H19N3O4S. The van der Waals surface area contributed by atoms with E-state index in [4.69, 9.17) is 9.56 Å². The van der Waals surface area contributed by atoms with E-state index in [2.05, 4.69) is 10.5 Å². The predicted octanol–water partition coefficient (Wildman–Crippen LogP) is 2.85. The van der Waals surface area contributed by atoms with Gasteiger partial charge in [-0.15, -0.1) is 0 Å². The second-order valence-electron chi connectivity index (χ2n) is 6.87. The fraction of sp³-hybridized carbons (Fsp3) is 0.143. The Bertz CT molecular complexity index is 1150. The van der Waals surface area contributed by atoms with Crippen LogP contribution in [0, 0.1) is 5.92 Å². The van der Waals surface area contributed by atoms with Gasteiger partial charge >= 0.3 is 0 Å². The zero-order valence-electron chi connectivity index (χ0n) is 15.4. The average Bonchev–Trinajstić information content (AvgIpc) is 3.39. The molecule has 2 aromatic carbocycles. The average molecular weight is 409 g/mol. The van der Waals surface area contributed by atoms with Crippen molar-refractivity contribution >= 4 is 22.1 Å². The van der Waals surface area contributed by atoms with Crippen LogP contribution in [0.4, 0.5) is 0 Å². The third kappa shape index (κ3) is 4.44. The van der Waals surface area contributed by atoms with E-state index in [0.717, 1.165) is 6.42 Å². The van der Waals surface area contributed by atoms with Crippen LogP contribution in [0.25, 0.3) is 11.3 Å². The molecular weight excluding hydrogens is 390 g/mol. The summed E-state index contributed by atoms with van der Waals surface area (Å²) in [6.07, 6.45) is 2.25. The number of furan rings is 1. The second-order valence-corrected chi connectivity index (χ2v) is 8.43. The number of hydrazone groups is 1. The van der Waals surface area contributed by atoms with Crippen LogP contribution in [0.1, 0.15) is 23.7 Å². The minimum absolute atomic E-state index is 0.0335. The maximum Gasteiger partial charge on any atom is 0.243 e. The summed E-state index contributed by atoms with van der Waals surface area (Å²) in [6, 6.07) is 19.5. The van der Waals surface area contributed by atoms with E-state index in [1.165, 1.54) is 23.9 Å². The molecule has 1 saturated carbocycles. The summed E-state index contributed by atoms with van der Waals surface area (Å²) in [6.45, 7) is 0. The topological polar surface area (TPSA) is 115 Å². The highest BCUT2D eigenvalue weighted by molar-refractivity contribution is 7.89. The van der Waals surface area contributed by atoms with Crippen molar-refractivity contribution < 1.29 is 17.6 Å². The van der Waals surface area contributed by atoms with Gasteiger partial charge in [0.1, 0.15) is 11.5 Å². The monoisotopic (exact) mass is 409 g/mol. The van der Waals surface area contributed by atoms with Gasteiger partial charge in [0.25, 0.3) is 0 Å². The first-order valence-electron chi connectivity index (χ1n) is 9.03. The minimum atomic E-state index is -3.73. The molecule has 29 heavy (non-hydrogen) atoms. The molecule has 0 spiro atoms. The Morgan fingerprint density at radius 3 is 2.48 bits per heavy atom. The Hall–Kier alpha value is -3.23. The molecule has 0 radical (unpaired) electrons. The van der Waals surface area contributed by atoms with E-state index in [-0.39, 0.29) is 22.6 Å². The Kier molecular flexibility index (Phi) is 5.04. The fourth-order valence-corrected chi connectivity index (χ4v) is 3.70. The maximum absolute atomic E-state index is 12.2. The molecule has 1 amide bonds. The highest BCUT2D eigenvalue weighted by atomic mass is 32.2. The van der Waals surface area contributed by atoms with Gasteiger partial charge in [-0.05, 0) is 54.3 Å². The lowest BCUT2D eigenvalue weighted by Crippen LogP contribution is -2.20. The molecule has 0 bridgehead atoms. The first kappa shape index (κ1) is 19.1. The molecule has 1 aromatic heterocycles. The van der Waals surface area contributed by atoms with Crippen LogP contribution < -0.4 is 10.6 Å². The third-order valence-electron chi connectivity index (χ3n) is 4.82. The lowest BCUT2D eigenvalue weighted by atomic mass is 10.1. The van der Waals surface area contributed by atoms with Gasteiger partial charge in [0, 0.05) is 11.5 Å². The molecule has 1 heterocycles. The first-order valence-corrected chi connectivity index (χ1v) is 10.6. The van der Waals surface area contributed by atoms with Crippen LogP contribution in [0.5, 0.6) is 0 Å². The number of rotatable bonds is 6.